The Balaban J connectivity index is 2.06. The minimum absolute atomic E-state index is 0.144. The van der Waals surface area contributed by atoms with Crippen LogP contribution >= 0.6 is 15.9 Å². The van der Waals surface area contributed by atoms with Gasteiger partial charge in [0, 0.05) is 22.6 Å². The first kappa shape index (κ1) is 14.9. The minimum Gasteiger partial charge on any atom is -0.508 e. The number of phenols is 1. The van der Waals surface area contributed by atoms with Crippen molar-refractivity contribution in [3.05, 3.63) is 58.1 Å². The highest BCUT2D eigenvalue weighted by Gasteiger charge is 2.08. The van der Waals surface area contributed by atoms with E-state index in [1.54, 1.807) is 19.2 Å². The first-order valence-corrected chi connectivity index (χ1v) is 7.24. The van der Waals surface area contributed by atoms with Crippen LogP contribution in [-0.4, -0.2) is 12.2 Å². The molecule has 106 valence electrons. The third-order valence-corrected chi connectivity index (χ3v) is 3.70. The molecule has 0 aliphatic heterocycles. The molecular formula is C16H18BrNO2. The van der Waals surface area contributed by atoms with Crippen LogP contribution in [0.2, 0.25) is 0 Å². The molecule has 0 heterocycles. The molecule has 0 aromatic heterocycles. The Bertz CT molecular complexity index is 586. The summed E-state index contributed by atoms with van der Waals surface area (Å²) in [6.07, 6.45) is 0. The van der Waals surface area contributed by atoms with E-state index >= 15 is 0 Å². The van der Waals surface area contributed by atoms with E-state index in [9.17, 15) is 5.11 Å². The van der Waals surface area contributed by atoms with Gasteiger partial charge in [-0.2, -0.15) is 0 Å². The molecule has 2 N–H and O–H groups in total. The van der Waals surface area contributed by atoms with Crippen molar-refractivity contribution in [1.29, 1.82) is 0 Å². The first-order chi connectivity index (χ1) is 9.60. The van der Waals surface area contributed by atoms with E-state index in [1.165, 1.54) is 0 Å². The van der Waals surface area contributed by atoms with E-state index in [1.807, 2.05) is 30.3 Å². The van der Waals surface area contributed by atoms with Crippen LogP contribution in [0.3, 0.4) is 0 Å². The predicted molar refractivity (Wildman–Crippen MR) is 84.1 cm³/mol. The molecule has 2 aromatic carbocycles. The van der Waals surface area contributed by atoms with Gasteiger partial charge in [0.1, 0.15) is 11.5 Å². The number of benzene rings is 2. The molecule has 0 aliphatic rings. The summed E-state index contributed by atoms with van der Waals surface area (Å²) >= 11 is 3.47. The van der Waals surface area contributed by atoms with Crippen molar-refractivity contribution in [2.24, 2.45) is 0 Å². The topological polar surface area (TPSA) is 41.5 Å². The second-order valence-electron chi connectivity index (χ2n) is 4.65. The zero-order chi connectivity index (χ0) is 14.5. The fraction of sp³-hybridized carbons (Fsp3) is 0.250. The molecule has 0 saturated heterocycles. The molecule has 20 heavy (non-hydrogen) atoms. The van der Waals surface area contributed by atoms with Gasteiger partial charge in [-0.25, -0.2) is 0 Å². The van der Waals surface area contributed by atoms with Crippen LogP contribution in [0.1, 0.15) is 24.1 Å². The summed E-state index contributed by atoms with van der Waals surface area (Å²) in [5.74, 6) is 1.15. The number of phenolic OH excluding ortho intramolecular Hbond substituents is 1. The van der Waals surface area contributed by atoms with E-state index in [0.717, 1.165) is 21.3 Å². The van der Waals surface area contributed by atoms with Gasteiger partial charge in [-0.15, -0.1) is 0 Å². The van der Waals surface area contributed by atoms with Crippen LogP contribution in [0.15, 0.2) is 46.9 Å². The lowest BCUT2D eigenvalue weighted by Gasteiger charge is -2.16. The van der Waals surface area contributed by atoms with Crippen molar-refractivity contribution in [3.8, 4) is 11.5 Å². The summed E-state index contributed by atoms with van der Waals surface area (Å²) in [6.45, 7) is 2.76. The number of methoxy groups -OCH3 is 1. The fourth-order valence-electron chi connectivity index (χ4n) is 2.06. The Hall–Kier alpha value is -1.52. The molecule has 3 nitrogen and oxygen atoms in total. The maximum Gasteiger partial charge on any atom is 0.123 e. The minimum atomic E-state index is 0.144. The molecule has 0 fully saturated rings. The molecule has 0 saturated carbocycles. The Labute approximate surface area is 127 Å². The third kappa shape index (κ3) is 3.74. The summed E-state index contributed by atoms with van der Waals surface area (Å²) in [5.41, 5.74) is 2.15. The zero-order valence-corrected chi connectivity index (χ0v) is 13.1. The largest absolute Gasteiger partial charge is 0.508 e. The van der Waals surface area contributed by atoms with Gasteiger partial charge < -0.3 is 15.2 Å². The molecule has 0 spiro atoms. The molecule has 0 amide bonds. The lowest BCUT2D eigenvalue weighted by molar-refractivity contribution is 0.406. The summed E-state index contributed by atoms with van der Waals surface area (Å²) in [5, 5.41) is 12.9. The average molecular weight is 336 g/mol. The Morgan fingerprint density at radius 2 is 2.05 bits per heavy atom. The number of ether oxygens (including phenoxy) is 1. The number of hydrogen-bond acceptors (Lipinski definition) is 3. The normalized spacial score (nSPS) is 12.2. The first-order valence-electron chi connectivity index (χ1n) is 6.45. The van der Waals surface area contributed by atoms with Gasteiger partial charge in [-0.3, -0.25) is 0 Å². The SMILES string of the molecule is COc1ccc(Br)cc1CNC(C)c1cccc(O)c1. The molecule has 4 heteroatoms. The number of rotatable bonds is 5. The van der Waals surface area contributed by atoms with Crippen molar-refractivity contribution >= 4 is 15.9 Å². The van der Waals surface area contributed by atoms with E-state index in [-0.39, 0.29) is 11.8 Å². The van der Waals surface area contributed by atoms with Gasteiger partial charge in [-0.05, 0) is 42.8 Å². The predicted octanol–water partition coefficient (Wildman–Crippen LogP) is 4.01. The Morgan fingerprint density at radius 3 is 2.75 bits per heavy atom. The van der Waals surface area contributed by atoms with Gasteiger partial charge >= 0.3 is 0 Å². The number of halogens is 1. The van der Waals surface area contributed by atoms with E-state index in [2.05, 4.69) is 28.2 Å². The van der Waals surface area contributed by atoms with E-state index in [0.29, 0.717) is 6.54 Å². The summed E-state index contributed by atoms with van der Waals surface area (Å²) < 4.78 is 6.38. The molecule has 2 aromatic rings. The van der Waals surface area contributed by atoms with Crippen molar-refractivity contribution in [2.45, 2.75) is 19.5 Å². The standard InChI is InChI=1S/C16H18BrNO2/c1-11(12-4-3-5-15(19)9-12)18-10-13-8-14(17)6-7-16(13)20-2/h3-9,11,18-19H,10H2,1-2H3. The summed E-state index contributed by atoms with van der Waals surface area (Å²) in [6, 6.07) is 13.4. The number of nitrogens with one attached hydrogen (secondary N) is 1. The smallest absolute Gasteiger partial charge is 0.123 e. The van der Waals surface area contributed by atoms with Crippen molar-refractivity contribution in [1.82, 2.24) is 5.32 Å². The molecule has 1 unspecified atom stereocenters. The zero-order valence-electron chi connectivity index (χ0n) is 11.6. The van der Waals surface area contributed by atoms with Gasteiger partial charge in [0.2, 0.25) is 0 Å². The van der Waals surface area contributed by atoms with Crippen molar-refractivity contribution < 1.29 is 9.84 Å². The maximum atomic E-state index is 9.51. The molecule has 2 rings (SSSR count). The van der Waals surface area contributed by atoms with Crippen LogP contribution in [0.4, 0.5) is 0 Å². The molecule has 0 radical (unpaired) electrons. The number of hydrogen-bond donors (Lipinski definition) is 2. The maximum absolute atomic E-state index is 9.51. The van der Waals surface area contributed by atoms with Crippen molar-refractivity contribution in [2.75, 3.05) is 7.11 Å². The second-order valence-corrected chi connectivity index (χ2v) is 5.57. The second kappa shape index (κ2) is 6.77. The molecule has 0 bridgehead atoms. The van der Waals surface area contributed by atoms with E-state index < -0.39 is 0 Å². The monoisotopic (exact) mass is 335 g/mol. The van der Waals surface area contributed by atoms with Crippen LogP contribution in [0, 0.1) is 0 Å². The third-order valence-electron chi connectivity index (χ3n) is 3.21. The highest BCUT2D eigenvalue weighted by molar-refractivity contribution is 9.10. The Morgan fingerprint density at radius 1 is 1.25 bits per heavy atom. The average Bonchev–Trinajstić information content (AvgIpc) is 2.45. The van der Waals surface area contributed by atoms with Gasteiger partial charge in [-0.1, -0.05) is 28.1 Å². The van der Waals surface area contributed by atoms with Gasteiger partial charge in [0.15, 0.2) is 0 Å². The summed E-state index contributed by atoms with van der Waals surface area (Å²) in [7, 11) is 1.67. The van der Waals surface area contributed by atoms with Crippen LogP contribution < -0.4 is 10.1 Å². The fourth-order valence-corrected chi connectivity index (χ4v) is 2.47. The Kier molecular flexibility index (Phi) is 5.04. The van der Waals surface area contributed by atoms with Crippen molar-refractivity contribution in [3.63, 3.8) is 0 Å². The summed E-state index contributed by atoms with van der Waals surface area (Å²) in [4.78, 5) is 0. The van der Waals surface area contributed by atoms with E-state index in [4.69, 9.17) is 4.74 Å². The lowest BCUT2D eigenvalue weighted by Crippen LogP contribution is -2.18. The van der Waals surface area contributed by atoms with Gasteiger partial charge in [0.05, 0.1) is 7.11 Å². The highest BCUT2D eigenvalue weighted by Crippen LogP contribution is 2.24. The highest BCUT2D eigenvalue weighted by atomic mass is 79.9. The molecule has 1 atom stereocenters. The lowest BCUT2D eigenvalue weighted by atomic mass is 10.1. The molecule has 0 aliphatic carbocycles. The quantitative estimate of drug-likeness (QED) is 0.867. The van der Waals surface area contributed by atoms with Crippen LogP contribution in [0.25, 0.3) is 0 Å². The number of aromatic hydroxyl groups is 1. The van der Waals surface area contributed by atoms with Gasteiger partial charge in [0.25, 0.3) is 0 Å². The van der Waals surface area contributed by atoms with Crippen LogP contribution in [0.5, 0.6) is 11.5 Å². The molecular weight excluding hydrogens is 318 g/mol. The van der Waals surface area contributed by atoms with Crippen LogP contribution in [-0.2, 0) is 6.54 Å².